The van der Waals surface area contributed by atoms with Crippen molar-refractivity contribution in [2.45, 2.75) is 63.6 Å². The van der Waals surface area contributed by atoms with Gasteiger partial charge >= 0.3 is 6.09 Å². The highest BCUT2D eigenvalue weighted by Crippen LogP contribution is 2.43. The molecule has 1 heterocycles. The van der Waals surface area contributed by atoms with Crippen molar-refractivity contribution in [3.63, 3.8) is 0 Å². The van der Waals surface area contributed by atoms with Crippen LogP contribution in [-0.2, 0) is 0 Å². The van der Waals surface area contributed by atoms with Crippen molar-refractivity contribution in [3.8, 4) is 0 Å². The number of carbonyl (C=O) groups excluding carboxylic acids is 1. The number of likely N-dealkylation sites (tertiary alicyclic amines) is 1. The Morgan fingerprint density at radius 1 is 1.08 bits per heavy atom. The van der Waals surface area contributed by atoms with Crippen LogP contribution in [0.1, 0.15) is 56.8 Å². The minimum atomic E-state index is -1.33. The summed E-state index contributed by atoms with van der Waals surface area (Å²) in [4.78, 5) is 28.2. The van der Waals surface area contributed by atoms with Crippen LogP contribution >= 0.6 is 22.6 Å². The molecule has 1 saturated heterocycles. The molecule has 0 spiro atoms. The molecule has 0 radical (unpaired) electrons. The molecule has 7 nitrogen and oxygen atoms in total. The number of rotatable bonds is 5. The average molecular weight is 645 g/mol. The lowest BCUT2D eigenvalue weighted by Crippen LogP contribution is -2.71. The van der Waals surface area contributed by atoms with Gasteiger partial charge < -0.3 is 25.3 Å². The summed E-state index contributed by atoms with van der Waals surface area (Å²) in [5.41, 5.74) is -2.82. The van der Waals surface area contributed by atoms with Crippen molar-refractivity contribution >= 4 is 46.0 Å². The summed E-state index contributed by atoms with van der Waals surface area (Å²) in [5.74, 6) is -4.25. The van der Waals surface area contributed by atoms with Gasteiger partial charge in [-0.25, -0.2) is 18.0 Å². The number of anilines is 2. The molecule has 1 aliphatic carbocycles. The second-order valence-electron chi connectivity index (χ2n) is 11.1. The maximum atomic E-state index is 14.8. The monoisotopic (exact) mass is 645 g/mol. The van der Waals surface area contributed by atoms with E-state index in [1.165, 1.54) is 21.9 Å². The number of amides is 2. The molecule has 11 heteroatoms. The lowest BCUT2D eigenvalue weighted by Gasteiger charge is -2.56. The largest absolute Gasteiger partial charge is 0.465 e. The number of nitrogens with one attached hydrogen (secondary N) is 1. The van der Waals surface area contributed by atoms with Crippen molar-refractivity contribution in [1.29, 1.82) is 0 Å². The number of nitrogens with zero attached hydrogens (tertiary/aromatic N) is 2. The SMILES string of the molecule is CC(C)(C)N(C(=O)O)C1CCCCC1C1(O)CN(C(=O)c2ccc(F)c(F)c2Nc2ccc(I)cc2F)C1. The van der Waals surface area contributed by atoms with Gasteiger partial charge in [0.15, 0.2) is 11.6 Å². The van der Waals surface area contributed by atoms with Crippen molar-refractivity contribution in [1.82, 2.24) is 9.80 Å². The van der Waals surface area contributed by atoms with Crippen LogP contribution < -0.4 is 5.32 Å². The van der Waals surface area contributed by atoms with Crippen LogP contribution in [0.5, 0.6) is 0 Å². The summed E-state index contributed by atoms with van der Waals surface area (Å²) >= 11 is 1.92. The van der Waals surface area contributed by atoms with Crippen molar-refractivity contribution in [2.75, 3.05) is 18.4 Å². The number of hydrogen-bond donors (Lipinski definition) is 3. The molecule has 2 aromatic carbocycles. The second kappa shape index (κ2) is 10.6. The molecule has 4 rings (SSSR count). The Morgan fingerprint density at radius 2 is 1.74 bits per heavy atom. The number of halogens is 4. The summed E-state index contributed by atoms with van der Waals surface area (Å²) < 4.78 is 44.0. The molecule has 3 N–H and O–H groups in total. The fraction of sp³-hybridized carbons (Fsp3) is 0.481. The van der Waals surface area contributed by atoms with E-state index < -0.39 is 52.3 Å². The smallest absolute Gasteiger partial charge is 0.407 e. The molecule has 2 amide bonds. The van der Waals surface area contributed by atoms with Crippen LogP contribution in [-0.4, -0.2) is 62.3 Å². The van der Waals surface area contributed by atoms with Crippen LogP contribution in [0.3, 0.4) is 0 Å². The second-order valence-corrected chi connectivity index (χ2v) is 12.3. The van der Waals surface area contributed by atoms with E-state index in [-0.39, 0.29) is 30.3 Å². The topological polar surface area (TPSA) is 93.1 Å². The number of hydrogen-bond acceptors (Lipinski definition) is 4. The minimum Gasteiger partial charge on any atom is -0.465 e. The van der Waals surface area contributed by atoms with Crippen LogP contribution in [0, 0.1) is 26.9 Å². The number of benzene rings is 2. The summed E-state index contributed by atoms with van der Waals surface area (Å²) in [6.07, 6.45) is 1.80. The summed E-state index contributed by atoms with van der Waals surface area (Å²) in [7, 11) is 0. The Bertz CT molecular complexity index is 1250. The Labute approximate surface area is 233 Å². The number of β-amino-alcohol motifs (C(OH)–C–C–N with tert-alkyl or cyclic N) is 1. The lowest BCUT2D eigenvalue weighted by molar-refractivity contribution is -0.149. The zero-order chi connectivity index (χ0) is 28.0. The summed E-state index contributed by atoms with van der Waals surface area (Å²) in [5, 5.41) is 24.0. The maximum absolute atomic E-state index is 14.8. The Morgan fingerprint density at radius 3 is 2.34 bits per heavy atom. The first-order valence-electron chi connectivity index (χ1n) is 12.5. The van der Waals surface area contributed by atoms with Gasteiger partial charge in [-0.3, -0.25) is 4.79 Å². The standard InChI is InChI=1S/C27H31F3IN3O4/c1-26(2,3)34(25(36)37)21-7-5-4-6-17(21)27(38)13-33(14-27)24(35)16-9-10-18(28)22(30)23(16)32-20-11-8-15(31)12-19(20)29/h8-12,17,21,32,38H,4-7,13-14H2,1-3H3,(H,36,37). The third kappa shape index (κ3) is 5.45. The molecule has 0 aromatic heterocycles. The van der Waals surface area contributed by atoms with E-state index in [0.29, 0.717) is 16.4 Å². The van der Waals surface area contributed by atoms with E-state index in [2.05, 4.69) is 5.32 Å². The molecule has 2 atom stereocenters. The van der Waals surface area contributed by atoms with Crippen LogP contribution in [0.15, 0.2) is 30.3 Å². The van der Waals surface area contributed by atoms with Gasteiger partial charge in [0.05, 0.1) is 30.0 Å². The zero-order valence-electron chi connectivity index (χ0n) is 21.4. The highest BCUT2D eigenvalue weighted by Gasteiger charge is 2.55. The molecule has 206 valence electrons. The van der Waals surface area contributed by atoms with Crippen molar-refractivity contribution < 1.29 is 33.0 Å². The van der Waals surface area contributed by atoms with Crippen LogP contribution in [0.25, 0.3) is 0 Å². The van der Waals surface area contributed by atoms with Crippen LogP contribution in [0.4, 0.5) is 29.3 Å². The van der Waals surface area contributed by atoms with Crippen molar-refractivity contribution in [2.24, 2.45) is 5.92 Å². The average Bonchev–Trinajstić information content (AvgIpc) is 2.80. The first-order valence-corrected chi connectivity index (χ1v) is 13.5. The normalized spacial score (nSPS) is 21.0. The van der Waals surface area contributed by atoms with E-state index in [9.17, 15) is 33.0 Å². The molecule has 2 aromatic rings. The van der Waals surface area contributed by atoms with Gasteiger partial charge in [0, 0.05) is 21.1 Å². The first-order chi connectivity index (χ1) is 17.7. The molecule has 2 unspecified atom stereocenters. The molecule has 2 fully saturated rings. The third-order valence-electron chi connectivity index (χ3n) is 7.41. The molecule has 1 saturated carbocycles. The Balaban J connectivity index is 1.58. The molecule has 1 aliphatic heterocycles. The van der Waals surface area contributed by atoms with Gasteiger partial charge in [-0.05, 0) is 86.5 Å². The van der Waals surface area contributed by atoms with Crippen LogP contribution in [0.2, 0.25) is 0 Å². The number of carbonyl (C=O) groups is 2. The summed E-state index contributed by atoms with van der Waals surface area (Å²) in [6, 6.07) is 5.70. The highest BCUT2D eigenvalue weighted by molar-refractivity contribution is 14.1. The van der Waals surface area contributed by atoms with Gasteiger partial charge in [0.2, 0.25) is 0 Å². The molecular formula is C27H31F3IN3O4. The number of aliphatic hydroxyl groups is 1. The molecule has 2 aliphatic rings. The first kappa shape index (κ1) is 28.5. The highest BCUT2D eigenvalue weighted by atomic mass is 127. The molecular weight excluding hydrogens is 614 g/mol. The number of carboxylic acid groups (broad SMARTS) is 1. The van der Waals surface area contributed by atoms with Gasteiger partial charge in [0.25, 0.3) is 5.91 Å². The molecule has 38 heavy (non-hydrogen) atoms. The Kier molecular flexibility index (Phi) is 7.91. The zero-order valence-corrected chi connectivity index (χ0v) is 23.6. The lowest BCUT2D eigenvalue weighted by atomic mass is 9.69. The van der Waals surface area contributed by atoms with E-state index in [4.69, 9.17) is 0 Å². The Hall–Kier alpha value is -2.54. The third-order valence-corrected chi connectivity index (χ3v) is 8.08. The van der Waals surface area contributed by atoms with E-state index in [1.807, 2.05) is 43.4 Å². The summed E-state index contributed by atoms with van der Waals surface area (Å²) in [6.45, 7) is 5.26. The van der Waals surface area contributed by atoms with E-state index in [0.717, 1.165) is 25.0 Å². The van der Waals surface area contributed by atoms with Crippen molar-refractivity contribution in [3.05, 3.63) is 56.9 Å². The van der Waals surface area contributed by atoms with Gasteiger partial charge in [-0.2, -0.15) is 0 Å². The van der Waals surface area contributed by atoms with E-state index >= 15 is 0 Å². The quantitative estimate of drug-likeness (QED) is 0.349. The maximum Gasteiger partial charge on any atom is 0.407 e. The fourth-order valence-corrected chi connectivity index (χ4v) is 6.17. The van der Waals surface area contributed by atoms with Gasteiger partial charge in [0.1, 0.15) is 11.4 Å². The van der Waals surface area contributed by atoms with Gasteiger partial charge in [-0.1, -0.05) is 12.8 Å². The fourth-order valence-electron chi connectivity index (χ4n) is 5.71. The molecule has 0 bridgehead atoms. The predicted octanol–water partition coefficient (Wildman–Crippen LogP) is 5.98. The van der Waals surface area contributed by atoms with E-state index in [1.54, 1.807) is 6.07 Å². The van der Waals surface area contributed by atoms with Gasteiger partial charge in [-0.15, -0.1) is 0 Å². The predicted molar refractivity (Wildman–Crippen MR) is 145 cm³/mol. The minimum absolute atomic E-state index is 0.0824.